The first-order valence-corrected chi connectivity index (χ1v) is 10.8. The molecule has 0 N–H and O–H groups in total. The minimum atomic E-state index is -0.709. The van der Waals surface area contributed by atoms with Crippen molar-refractivity contribution in [2.45, 2.75) is 20.5 Å². The maximum absolute atomic E-state index is 13.6. The van der Waals surface area contributed by atoms with Gasteiger partial charge in [-0.05, 0) is 48.7 Å². The number of ether oxygens (including phenoxy) is 1. The van der Waals surface area contributed by atoms with Crippen molar-refractivity contribution in [2.24, 2.45) is 0 Å². The summed E-state index contributed by atoms with van der Waals surface area (Å²) in [4.78, 5) is 40.2. The van der Waals surface area contributed by atoms with E-state index in [-0.39, 0.29) is 40.0 Å². The first kappa shape index (κ1) is 20.2. The van der Waals surface area contributed by atoms with Crippen molar-refractivity contribution in [1.29, 1.82) is 0 Å². The van der Waals surface area contributed by atoms with Gasteiger partial charge in [0.2, 0.25) is 5.78 Å². The number of fused-ring (bicyclic) bond motifs is 6. The highest BCUT2D eigenvalue weighted by Crippen LogP contribution is 2.40. The molecule has 6 heteroatoms. The van der Waals surface area contributed by atoms with Crippen molar-refractivity contribution in [3.05, 3.63) is 110 Å². The maximum Gasteiger partial charge on any atom is 0.348 e. The average molecular weight is 450 g/mol. The predicted octanol–water partition coefficient (Wildman–Crippen LogP) is 5.51. The summed E-state index contributed by atoms with van der Waals surface area (Å²) in [5.41, 5.74) is 2.55. The Morgan fingerprint density at radius 1 is 0.794 bits per heavy atom. The van der Waals surface area contributed by atoms with Gasteiger partial charge in [0, 0.05) is 5.56 Å². The van der Waals surface area contributed by atoms with Crippen molar-refractivity contribution in [1.82, 2.24) is 0 Å². The largest absolute Gasteiger partial charge is 0.488 e. The molecule has 0 amide bonds. The molecule has 166 valence electrons. The molecule has 1 aliphatic rings. The van der Waals surface area contributed by atoms with Crippen molar-refractivity contribution in [3.63, 3.8) is 0 Å². The number of carbonyl (C=O) groups excluding carboxylic acids is 2. The molecule has 0 bridgehead atoms. The second kappa shape index (κ2) is 7.28. The van der Waals surface area contributed by atoms with Crippen molar-refractivity contribution < 1.29 is 23.2 Å². The molecular weight excluding hydrogens is 432 g/mol. The van der Waals surface area contributed by atoms with Crippen LogP contribution in [-0.4, -0.2) is 11.6 Å². The topological polar surface area (TPSA) is 86.7 Å². The monoisotopic (exact) mass is 450 g/mol. The van der Waals surface area contributed by atoms with E-state index >= 15 is 0 Å². The Hall–Kier alpha value is -4.45. The molecule has 0 aliphatic heterocycles. The van der Waals surface area contributed by atoms with Gasteiger partial charge in [0.1, 0.15) is 23.3 Å². The van der Waals surface area contributed by atoms with E-state index in [1.165, 1.54) is 0 Å². The van der Waals surface area contributed by atoms with Crippen LogP contribution in [0.4, 0.5) is 0 Å². The summed E-state index contributed by atoms with van der Waals surface area (Å²) in [6.07, 6.45) is 0. The highest BCUT2D eigenvalue weighted by atomic mass is 16.5. The maximum atomic E-state index is 13.6. The molecule has 6 nitrogen and oxygen atoms in total. The number of carbonyl (C=O) groups is 2. The highest BCUT2D eigenvalue weighted by Gasteiger charge is 2.39. The lowest BCUT2D eigenvalue weighted by molar-refractivity contribution is 0.0958. The minimum Gasteiger partial charge on any atom is -0.488 e. The fraction of sp³-hybridized carbons (Fsp3) is 0.107. The standard InChI is InChI=1S/C28H18O6/c1-14-11-18-20(19(12-14)32-13-16-8-4-3-5-9-16)24(30)27-21(23(18)29)22-26(33-27)17-10-6-7-15(2)25(17)34-28(22)31/h3-12H,13H2,1-2H3. The lowest BCUT2D eigenvalue weighted by Crippen LogP contribution is -2.22. The molecule has 2 heterocycles. The quantitative estimate of drug-likeness (QED) is 0.331. The number of rotatable bonds is 3. The minimum absolute atomic E-state index is 0.00893. The van der Waals surface area contributed by atoms with Crippen LogP contribution < -0.4 is 10.4 Å². The van der Waals surface area contributed by atoms with Crippen LogP contribution in [0.1, 0.15) is 48.7 Å². The molecule has 0 atom stereocenters. The van der Waals surface area contributed by atoms with E-state index in [0.29, 0.717) is 16.7 Å². The van der Waals surface area contributed by atoms with E-state index in [2.05, 4.69) is 0 Å². The molecule has 2 aromatic heterocycles. The van der Waals surface area contributed by atoms with E-state index in [1.54, 1.807) is 24.3 Å². The number of aryl methyl sites for hydroxylation is 2. The molecule has 0 spiro atoms. The van der Waals surface area contributed by atoms with E-state index in [1.807, 2.05) is 50.2 Å². The van der Waals surface area contributed by atoms with Gasteiger partial charge in [-0.3, -0.25) is 9.59 Å². The zero-order chi connectivity index (χ0) is 23.6. The Morgan fingerprint density at radius 3 is 2.38 bits per heavy atom. The van der Waals surface area contributed by atoms with Crippen LogP contribution in [0.25, 0.3) is 21.9 Å². The van der Waals surface area contributed by atoms with Crippen molar-refractivity contribution in [2.75, 3.05) is 0 Å². The van der Waals surface area contributed by atoms with Crippen LogP contribution in [0.5, 0.6) is 5.75 Å². The smallest absolute Gasteiger partial charge is 0.348 e. The molecule has 5 aromatic rings. The molecule has 1 aliphatic carbocycles. The Morgan fingerprint density at radius 2 is 1.59 bits per heavy atom. The lowest BCUT2D eigenvalue weighted by atomic mass is 9.85. The first-order chi connectivity index (χ1) is 16.4. The number of furan rings is 1. The molecule has 34 heavy (non-hydrogen) atoms. The Bertz CT molecular complexity index is 1720. The van der Waals surface area contributed by atoms with Gasteiger partial charge < -0.3 is 13.6 Å². The van der Waals surface area contributed by atoms with Crippen LogP contribution in [0.3, 0.4) is 0 Å². The Balaban J connectivity index is 1.57. The van der Waals surface area contributed by atoms with Gasteiger partial charge in [-0.1, -0.05) is 42.5 Å². The summed E-state index contributed by atoms with van der Waals surface area (Å²) in [5, 5.41) is 0.524. The summed E-state index contributed by atoms with van der Waals surface area (Å²) in [6.45, 7) is 3.87. The van der Waals surface area contributed by atoms with E-state index in [9.17, 15) is 14.4 Å². The number of hydrogen-bond donors (Lipinski definition) is 0. The van der Waals surface area contributed by atoms with Gasteiger partial charge in [0.05, 0.1) is 16.5 Å². The molecule has 0 unspecified atom stereocenters. The zero-order valence-corrected chi connectivity index (χ0v) is 18.4. The Kier molecular flexibility index (Phi) is 4.32. The fourth-order valence-corrected chi connectivity index (χ4v) is 4.57. The average Bonchev–Trinajstić information content (AvgIpc) is 3.25. The molecule has 0 saturated heterocycles. The van der Waals surface area contributed by atoms with Crippen LogP contribution in [0.15, 0.2) is 74.3 Å². The summed E-state index contributed by atoms with van der Waals surface area (Å²) < 4.78 is 17.5. The van der Waals surface area contributed by atoms with Crippen molar-refractivity contribution >= 4 is 33.5 Å². The molecule has 6 rings (SSSR count). The Labute approximate surface area is 193 Å². The SMILES string of the molecule is Cc1cc(OCc2ccccc2)c2c(c1)C(=O)c1c(oc3c1c(=O)oc1c(C)cccc13)C2=O. The zero-order valence-electron chi connectivity index (χ0n) is 18.4. The number of benzene rings is 3. The van der Waals surface area contributed by atoms with Gasteiger partial charge in [-0.15, -0.1) is 0 Å². The summed E-state index contributed by atoms with van der Waals surface area (Å²) in [5.74, 6) is -0.821. The predicted molar refractivity (Wildman–Crippen MR) is 126 cm³/mol. The second-order valence-corrected chi connectivity index (χ2v) is 8.47. The van der Waals surface area contributed by atoms with E-state index < -0.39 is 17.2 Å². The van der Waals surface area contributed by atoms with Gasteiger partial charge in [-0.2, -0.15) is 0 Å². The molecule has 0 saturated carbocycles. The summed E-state index contributed by atoms with van der Waals surface area (Å²) in [7, 11) is 0. The molecule has 0 fully saturated rings. The second-order valence-electron chi connectivity index (χ2n) is 8.47. The van der Waals surface area contributed by atoms with Crippen molar-refractivity contribution in [3.8, 4) is 5.75 Å². The normalized spacial score (nSPS) is 12.8. The van der Waals surface area contributed by atoms with Crippen LogP contribution in [0, 0.1) is 13.8 Å². The fourth-order valence-electron chi connectivity index (χ4n) is 4.57. The summed E-state index contributed by atoms with van der Waals surface area (Å²) in [6, 6.07) is 18.3. The third-order valence-corrected chi connectivity index (χ3v) is 6.15. The van der Waals surface area contributed by atoms with Gasteiger partial charge in [-0.25, -0.2) is 4.79 Å². The van der Waals surface area contributed by atoms with Gasteiger partial charge in [0.15, 0.2) is 17.1 Å². The van der Waals surface area contributed by atoms with E-state index in [4.69, 9.17) is 13.6 Å². The molecular formula is C28H18O6. The number of hydrogen-bond acceptors (Lipinski definition) is 6. The molecule has 3 aromatic carbocycles. The third kappa shape index (κ3) is 2.85. The summed E-state index contributed by atoms with van der Waals surface area (Å²) >= 11 is 0. The first-order valence-electron chi connectivity index (χ1n) is 10.8. The third-order valence-electron chi connectivity index (χ3n) is 6.15. The highest BCUT2D eigenvalue weighted by molar-refractivity contribution is 6.33. The number of para-hydroxylation sites is 1. The number of ketones is 2. The van der Waals surface area contributed by atoms with E-state index in [0.717, 1.165) is 16.7 Å². The van der Waals surface area contributed by atoms with Crippen LogP contribution in [-0.2, 0) is 6.61 Å². The molecule has 0 radical (unpaired) electrons. The van der Waals surface area contributed by atoms with Crippen LogP contribution >= 0.6 is 0 Å². The van der Waals surface area contributed by atoms with Gasteiger partial charge >= 0.3 is 5.63 Å². The van der Waals surface area contributed by atoms with Gasteiger partial charge in [0.25, 0.3) is 0 Å². The van der Waals surface area contributed by atoms with Crippen LogP contribution in [0.2, 0.25) is 0 Å². The lowest BCUT2D eigenvalue weighted by Gasteiger charge is -2.18.